The summed E-state index contributed by atoms with van der Waals surface area (Å²) in [7, 11) is 0. The van der Waals surface area contributed by atoms with Crippen molar-refractivity contribution in [2.24, 2.45) is 0 Å². The van der Waals surface area contributed by atoms with E-state index in [1.807, 2.05) is 13.0 Å². The molecule has 0 N–H and O–H groups in total. The summed E-state index contributed by atoms with van der Waals surface area (Å²) in [6.45, 7) is 6.86. The van der Waals surface area contributed by atoms with Gasteiger partial charge in [0.05, 0.1) is 5.69 Å². The zero-order valence-corrected chi connectivity index (χ0v) is 7.74. The topological polar surface area (TPSA) is 34.9 Å². The Morgan fingerprint density at radius 3 is 2.67 bits per heavy atom. The van der Waals surface area contributed by atoms with Crippen LogP contribution in [0.4, 0.5) is 0 Å². The van der Waals surface area contributed by atoms with E-state index in [0.717, 1.165) is 18.5 Å². The van der Waals surface area contributed by atoms with Crippen LogP contribution in [0.25, 0.3) is 0 Å². The lowest BCUT2D eigenvalue weighted by Gasteiger charge is -1.98. The summed E-state index contributed by atoms with van der Waals surface area (Å²) in [4.78, 5) is 10.6. The number of carbonyl (C=O) groups excluding carboxylic acids is 1. The summed E-state index contributed by atoms with van der Waals surface area (Å²) in [6, 6.07) is 1.85. The van der Waals surface area contributed by atoms with E-state index in [1.165, 1.54) is 0 Å². The van der Waals surface area contributed by atoms with E-state index in [-0.39, 0.29) is 0 Å². The third kappa shape index (κ3) is 1.55. The smallest absolute Gasteiger partial charge is 0.168 e. The molecule has 0 aliphatic heterocycles. The molecule has 0 unspecified atom stereocenters. The van der Waals surface area contributed by atoms with Crippen molar-refractivity contribution in [3.63, 3.8) is 0 Å². The van der Waals surface area contributed by atoms with Gasteiger partial charge < -0.3 is 0 Å². The Hall–Kier alpha value is -1.12. The lowest BCUT2D eigenvalue weighted by molar-refractivity contribution is 0.111. The number of aldehydes is 1. The molecule has 1 heterocycles. The van der Waals surface area contributed by atoms with Gasteiger partial charge >= 0.3 is 0 Å². The molecule has 1 aromatic rings. The molecule has 3 nitrogen and oxygen atoms in total. The Morgan fingerprint density at radius 2 is 2.33 bits per heavy atom. The monoisotopic (exact) mass is 166 g/mol. The fourth-order valence-corrected chi connectivity index (χ4v) is 1.08. The molecule has 66 valence electrons. The van der Waals surface area contributed by atoms with Crippen LogP contribution in [0, 0.1) is 0 Å². The van der Waals surface area contributed by atoms with Gasteiger partial charge in [-0.3, -0.25) is 9.48 Å². The van der Waals surface area contributed by atoms with Crippen molar-refractivity contribution in [3.05, 3.63) is 17.5 Å². The predicted molar refractivity (Wildman–Crippen MR) is 47.4 cm³/mol. The van der Waals surface area contributed by atoms with Gasteiger partial charge in [-0.05, 0) is 18.9 Å². The van der Waals surface area contributed by atoms with Gasteiger partial charge in [0, 0.05) is 6.54 Å². The van der Waals surface area contributed by atoms with Crippen LogP contribution in [0.1, 0.15) is 42.9 Å². The summed E-state index contributed by atoms with van der Waals surface area (Å²) in [6.07, 6.45) is 0.850. The van der Waals surface area contributed by atoms with Crippen molar-refractivity contribution < 1.29 is 4.79 Å². The Kier molecular flexibility index (Phi) is 2.63. The highest BCUT2D eigenvalue weighted by atomic mass is 16.1. The number of nitrogens with zero attached hydrogens (tertiary/aromatic N) is 2. The zero-order valence-electron chi connectivity index (χ0n) is 7.74. The van der Waals surface area contributed by atoms with Gasteiger partial charge in [-0.15, -0.1) is 0 Å². The number of aromatic nitrogens is 2. The lowest BCUT2D eigenvalue weighted by atomic mass is 10.1. The number of carbonyl (C=O) groups is 1. The fraction of sp³-hybridized carbons (Fsp3) is 0.556. The summed E-state index contributed by atoms with van der Waals surface area (Å²) >= 11 is 0. The Bertz CT molecular complexity index is 276. The Balaban J connectivity index is 3.05. The number of hydrogen-bond donors (Lipinski definition) is 0. The molecule has 0 radical (unpaired) electrons. The molecule has 0 fully saturated rings. The standard InChI is InChI=1S/C9H14N2O/c1-4-11-8(6-12)5-9(10-11)7(2)3/h5-7H,4H2,1-3H3. The maximum atomic E-state index is 10.6. The molecule has 0 saturated heterocycles. The minimum Gasteiger partial charge on any atom is -0.296 e. The van der Waals surface area contributed by atoms with Crippen molar-refractivity contribution in [1.82, 2.24) is 9.78 Å². The van der Waals surface area contributed by atoms with Crippen LogP contribution in [0.15, 0.2) is 6.07 Å². The molecule has 3 heteroatoms. The second kappa shape index (κ2) is 3.52. The number of hydrogen-bond acceptors (Lipinski definition) is 2. The second-order valence-corrected chi connectivity index (χ2v) is 3.08. The third-order valence-corrected chi connectivity index (χ3v) is 1.84. The van der Waals surface area contributed by atoms with Crippen molar-refractivity contribution in [3.8, 4) is 0 Å². The quantitative estimate of drug-likeness (QED) is 0.642. The van der Waals surface area contributed by atoms with Crippen molar-refractivity contribution in [2.45, 2.75) is 33.2 Å². The van der Waals surface area contributed by atoms with Crippen LogP contribution < -0.4 is 0 Å². The first-order valence-corrected chi connectivity index (χ1v) is 4.22. The van der Waals surface area contributed by atoms with E-state index >= 15 is 0 Å². The maximum absolute atomic E-state index is 10.6. The highest BCUT2D eigenvalue weighted by Gasteiger charge is 2.07. The van der Waals surface area contributed by atoms with E-state index in [2.05, 4.69) is 18.9 Å². The highest BCUT2D eigenvalue weighted by molar-refractivity contribution is 5.72. The minimum atomic E-state index is 0.386. The van der Waals surface area contributed by atoms with Crippen LogP contribution in [0.3, 0.4) is 0 Å². The summed E-state index contributed by atoms with van der Waals surface area (Å²) < 4.78 is 1.72. The summed E-state index contributed by atoms with van der Waals surface area (Å²) in [5.41, 5.74) is 1.65. The average Bonchev–Trinajstić information content (AvgIpc) is 2.46. The Morgan fingerprint density at radius 1 is 1.67 bits per heavy atom. The number of rotatable bonds is 3. The molecular weight excluding hydrogens is 152 g/mol. The van der Waals surface area contributed by atoms with Crippen LogP contribution >= 0.6 is 0 Å². The molecule has 0 spiro atoms. The molecule has 0 bridgehead atoms. The van der Waals surface area contributed by atoms with Gasteiger partial charge in [-0.2, -0.15) is 5.10 Å². The van der Waals surface area contributed by atoms with E-state index in [9.17, 15) is 4.79 Å². The molecular formula is C9H14N2O. The Labute approximate surface area is 72.4 Å². The third-order valence-electron chi connectivity index (χ3n) is 1.84. The minimum absolute atomic E-state index is 0.386. The van der Waals surface area contributed by atoms with Gasteiger partial charge in [0.25, 0.3) is 0 Å². The largest absolute Gasteiger partial charge is 0.296 e. The first-order chi connectivity index (χ1) is 5.69. The fourth-order valence-electron chi connectivity index (χ4n) is 1.08. The van der Waals surface area contributed by atoms with E-state index in [0.29, 0.717) is 11.6 Å². The van der Waals surface area contributed by atoms with E-state index < -0.39 is 0 Å². The maximum Gasteiger partial charge on any atom is 0.168 e. The zero-order chi connectivity index (χ0) is 9.14. The van der Waals surface area contributed by atoms with Gasteiger partial charge in [0.2, 0.25) is 0 Å². The second-order valence-electron chi connectivity index (χ2n) is 3.08. The van der Waals surface area contributed by atoms with Crippen molar-refractivity contribution >= 4 is 6.29 Å². The van der Waals surface area contributed by atoms with Gasteiger partial charge in [-0.25, -0.2) is 0 Å². The average molecular weight is 166 g/mol. The van der Waals surface area contributed by atoms with Gasteiger partial charge in [0.1, 0.15) is 5.69 Å². The van der Waals surface area contributed by atoms with Crippen LogP contribution in [0.5, 0.6) is 0 Å². The first kappa shape index (κ1) is 8.97. The van der Waals surface area contributed by atoms with Crippen LogP contribution in [0.2, 0.25) is 0 Å². The molecule has 12 heavy (non-hydrogen) atoms. The summed E-state index contributed by atoms with van der Waals surface area (Å²) in [5.74, 6) is 0.386. The molecule has 0 aliphatic carbocycles. The van der Waals surface area contributed by atoms with Gasteiger partial charge in [0.15, 0.2) is 6.29 Å². The van der Waals surface area contributed by atoms with Gasteiger partial charge in [-0.1, -0.05) is 13.8 Å². The van der Waals surface area contributed by atoms with E-state index in [4.69, 9.17) is 0 Å². The van der Waals surface area contributed by atoms with Crippen LogP contribution in [-0.4, -0.2) is 16.1 Å². The molecule has 0 amide bonds. The molecule has 0 saturated carbocycles. The molecule has 0 atom stereocenters. The molecule has 1 rings (SSSR count). The highest BCUT2D eigenvalue weighted by Crippen LogP contribution is 2.12. The molecule has 0 aromatic carbocycles. The number of aryl methyl sites for hydroxylation is 1. The predicted octanol–water partition coefficient (Wildman–Crippen LogP) is 1.84. The van der Waals surface area contributed by atoms with Crippen molar-refractivity contribution in [1.29, 1.82) is 0 Å². The normalized spacial score (nSPS) is 10.7. The first-order valence-electron chi connectivity index (χ1n) is 4.22. The van der Waals surface area contributed by atoms with E-state index in [1.54, 1.807) is 4.68 Å². The molecule has 0 aliphatic rings. The molecule has 1 aromatic heterocycles. The SMILES string of the molecule is CCn1nc(C(C)C)cc1C=O. The lowest BCUT2D eigenvalue weighted by Crippen LogP contribution is -2.01. The van der Waals surface area contributed by atoms with Crippen molar-refractivity contribution in [2.75, 3.05) is 0 Å². The summed E-state index contributed by atoms with van der Waals surface area (Å²) in [5, 5.41) is 4.28. The van der Waals surface area contributed by atoms with Crippen LogP contribution in [-0.2, 0) is 6.54 Å².